The van der Waals surface area contributed by atoms with E-state index in [0.717, 1.165) is 59.4 Å². The van der Waals surface area contributed by atoms with Crippen LogP contribution in [0, 0.1) is 0 Å². The third-order valence-electron chi connectivity index (χ3n) is 5.51. The Balaban J connectivity index is 1.61. The number of aromatic nitrogens is 1. The molecule has 5 nitrogen and oxygen atoms in total. The molecule has 0 bridgehead atoms. The number of carbonyl (C=O) groups excluding carboxylic acids is 1. The lowest BCUT2D eigenvalue weighted by Gasteiger charge is -2.21. The van der Waals surface area contributed by atoms with Gasteiger partial charge in [-0.2, -0.15) is 0 Å². The minimum absolute atomic E-state index is 0.0995. The van der Waals surface area contributed by atoms with Crippen LogP contribution in [0.3, 0.4) is 0 Å². The number of hydrogen-bond donors (Lipinski definition) is 0. The number of amides is 1. The van der Waals surface area contributed by atoms with Crippen molar-refractivity contribution >= 4 is 16.8 Å². The smallest absolute Gasteiger partial charge is 0.254 e. The van der Waals surface area contributed by atoms with Gasteiger partial charge in [0, 0.05) is 24.0 Å². The van der Waals surface area contributed by atoms with E-state index in [4.69, 9.17) is 14.5 Å². The Morgan fingerprint density at radius 2 is 1.68 bits per heavy atom. The van der Waals surface area contributed by atoms with Gasteiger partial charge in [0.25, 0.3) is 5.91 Å². The first-order valence-electron chi connectivity index (χ1n) is 9.89. The third-order valence-corrected chi connectivity index (χ3v) is 5.51. The van der Waals surface area contributed by atoms with E-state index >= 15 is 0 Å². The molecule has 1 fully saturated rings. The van der Waals surface area contributed by atoms with E-state index in [2.05, 4.69) is 0 Å². The molecule has 1 saturated heterocycles. The minimum Gasteiger partial charge on any atom is -0.454 e. The summed E-state index contributed by atoms with van der Waals surface area (Å²) in [6.45, 7) is 1.90. The lowest BCUT2D eigenvalue weighted by molar-refractivity contribution is 0.0763. The third kappa shape index (κ3) is 3.07. The molecule has 0 saturated carbocycles. The first-order valence-corrected chi connectivity index (χ1v) is 9.89. The van der Waals surface area contributed by atoms with E-state index in [-0.39, 0.29) is 12.7 Å². The Labute approximate surface area is 163 Å². The van der Waals surface area contributed by atoms with Crippen molar-refractivity contribution in [3.05, 3.63) is 54.1 Å². The van der Waals surface area contributed by atoms with Crippen molar-refractivity contribution in [2.75, 3.05) is 19.9 Å². The summed E-state index contributed by atoms with van der Waals surface area (Å²) in [5.41, 5.74) is 3.24. The van der Waals surface area contributed by atoms with Gasteiger partial charge in [-0.3, -0.25) is 4.79 Å². The van der Waals surface area contributed by atoms with Crippen LogP contribution in [0.2, 0.25) is 0 Å². The van der Waals surface area contributed by atoms with Crippen LogP contribution in [0.5, 0.6) is 11.5 Å². The lowest BCUT2D eigenvalue weighted by Crippen LogP contribution is -2.32. The maximum atomic E-state index is 13.4. The quantitative estimate of drug-likeness (QED) is 0.655. The van der Waals surface area contributed by atoms with E-state index in [1.165, 1.54) is 12.8 Å². The van der Waals surface area contributed by atoms with Gasteiger partial charge in [0.05, 0.1) is 16.8 Å². The predicted octanol–water partition coefficient (Wildman–Crippen LogP) is 4.65. The Hall–Kier alpha value is -3.08. The van der Waals surface area contributed by atoms with Crippen LogP contribution in [-0.2, 0) is 0 Å². The van der Waals surface area contributed by atoms with Gasteiger partial charge in [0.1, 0.15) is 0 Å². The van der Waals surface area contributed by atoms with Crippen LogP contribution in [0.15, 0.2) is 48.5 Å². The SMILES string of the molecule is O=C(c1cc(-c2ccc3c(c2)OCO3)nc2ccccc12)N1CCCCCC1. The topological polar surface area (TPSA) is 51.7 Å². The number of nitrogens with zero attached hydrogens (tertiary/aromatic N) is 2. The summed E-state index contributed by atoms with van der Waals surface area (Å²) in [4.78, 5) is 20.2. The maximum absolute atomic E-state index is 13.4. The number of rotatable bonds is 2. The number of likely N-dealkylation sites (tertiary alicyclic amines) is 1. The molecule has 0 aliphatic carbocycles. The Bertz CT molecular complexity index is 1040. The van der Waals surface area contributed by atoms with Crippen LogP contribution in [0.4, 0.5) is 0 Å². The van der Waals surface area contributed by atoms with E-state index in [1.54, 1.807) is 0 Å². The first kappa shape index (κ1) is 17.0. The number of para-hydroxylation sites is 1. The molecule has 0 radical (unpaired) electrons. The van der Waals surface area contributed by atoms with Gasteiger partial charge in [-0.1, -0.05) is 31.0 Å². The van der Waals surface area contributed by atoms with Crippen LogP contribution >= 0.6 is 0 Å². The summed E-state index contributed by atoms with van der Waals surface area (Å²) in [5, 5.41) is 0.904. The fraction of sp³-hybridized carbons (Fsp3) is 0.304. The van der Waals surface area contributed by atoms with Gasteiger partial charge >= 0.3 is 0 Å². The van der Waals surface area contributed by atoms with E-state index < -0.39 is 0 Å². The molecule has 2 aliphatic heterocycles. The predicted molar refractivity (Wildman–Crippen MR) is 108 cm³/mol. The summed E-state index contributed by atoms with van der Waals surface area (Å²) in [6, 6.07) is 15.6. The summed E-state index contributed by atoms with van der Waals surface area (Å²) in [7, 11) is 0. The van der Waals surface area contributed by atoms with Crippen molar-refractivity contribution in [3.8, 4) is 22.8 Å². The highest BCUT2D eigenvalue weighted by molar-refractivity contribution is 6.07. The maximum Gasteiger partial charge on any atom is 0.254 e. The van der Waals surface area contributed by atoms with Crippen LogP contribution < -0.4 is 9.47 Å². The van der Waals surface area contributed by atoms with Gasteiger partial charge in [-0.05, 0) is 43.2 Å². The number of pyridine rings is 1. The molecular formula is C23H22N2O3. The molecule has 28 heavy (non-hydrogen) atoms. The average Bonchev–Trinajstić information content (AvgIpc) is 3.04. The summed E-state index contributed by atoms with van der Waals surface area (Å²) in [6.07, 6.45) is 4.54. The molecule has 1 amide bonds. The van der Waals surface area contributed by atoms with E-state index in [1.807, 2.05) is 53.4 Å². The standard InChI is InChI=1S/C23H22N2O3/c26-23(25-11-5-1-2-6-12-25)18-14-20(24-19-8-4-3-7-17(18)19)16-9-10-21-22(13-16)28-15-27-21/h3-4,7-10,13-14H,1-2,5-6,11-12,15H2. The van der Waals surface area contributed by atoms with Crippen molar-refractivity contribution in [2.45, 2.75) is 25.7 Å². The zero-order valence-electron chi connectivity index (χ0n) is 15.7. The second kappa shape index (κ2) is 7.15. The highest BCUT2D eigenvalue weighted by atomic mass is 16.7. The van der Waals surface area contributed by atoms with Crippen molar-refractivity contribution in [2.24, 2.45) is 0 Å². The number of benzene rings is 2. The van der Waals surface area contributed by atoms with E-state index in [0.29, 0.717) is 5.75 Å². The molecule has 0 unspecified atom stereocenters. The average molecular weight is 374 g/mol. The summed E-state index contributed by atoms with van der Waals surface area (Å²) in [5.74, 6) is 1.56. The minimum atomic E-state index is 0.0995. The molecule has 0 N–H and O–H groups in total. The summed E-state index contributed by atoms with van der Waals surface area (Å²) < 4.78 is 10.9. The molecule has 0 atom stereocenters. The highest BCUT2D eigenvalue weighted by Crippen LogP contribution is 2.36. The lowest BCUT2D eigenvalue weighted by atomic mass is 10.0. The zero-order chi connectivity index (χ0) is 18.9. The van der Waals surface area contributed by atoms with Crippen molar-refractivity contribution in [3.63, 3.8) is 0 Å². The number of carbonyl (C=O) groups is 1. The monoisotopic (exact) mass is 374 g/mol. The van der Waals surface area contributed by atoms with Crippen LogP contribution in [-0.4, -0.2) is 35.7 Å². The number of hydrogen-bond acceptors (Lipinski definition) is 4. The normalized spacial score (nSPS) is 16.2. The van der Waals surface area contributed by atoms with Gasteiger partial charge in [0.15, 0.2) is 11.5 Å². The Morgan fingerprint density at radius 3 is 2.54 bits per heavy atom. The molecule has 5 heteroatoms. The molecule has 142 valence electrons. The summed E-state index contributed by atoms with van der Waals surface area (Å²) >= 11 is 0. The van der Waals surface area contributed by atoms with E-state index in [9.17, 15) is 4.79 Å². The van der Waals surface area contributed by atoms with Gasteiger partial charge < -0.3 is 14.4 Å². The fourth-order valence-corrected chi connectivity index (χ4v) is 4.00. The second-order valence-corrected chi connectivity index (χ2v) is 7.35. The largest absolute Gasteiger partial charge is 0.454 e. The molecule has 5 rings (SSSR count). The Morgan fingerprint density at radius 1 is 0.893 bits per heavy atom. The number of ether oxygens (including phenoxy) is 2. The first-order chi connectivity index (χ1) is 13.8. The van der Waals surface area contributed by atoms with Crippen molar-refractivity contribution < 1.29 is 14.3 Å². The van der Waals surface area contributed by atoms with Crippen LogP contribution in [0.1, 0.15) is 36.0 Å². The van der Waals surface area contributed by atoms with Crippen molar-refractivity contribution in [1.82, 2.24) is 9.88 Å². The number of fused-ring (bicyclic) bond motifs is 2. The fourth-order valence-electron chi connectivity index (χ4n) is 4.00. The molecule has 3 heterocycles. The Kier molecular flexibility index (Phi) is 4.35. The van der Waals surface area contributed by atoms with Gasteiger partial charge in [-0.15, -0.1) is 0 Å². The second-order valence-electron chi connectivity index (χ2n) is 7.35. The molecule has 0 spiro atoms. The highest BCUT2D eigenvalue weighted by Gasteiger charge is 2.21. The molecule has 2 aromatic carbocycles. The van der Waals surface area contributed by atoms with Crippen LogP contribution in [0.25, 0.3) is 22.2 Å². The zero-order valence-corrected chi connectivity index (χ0v) is 15.7. The molecule has 1 aromatic heterocycles. The van der Waals surface area contributed by atoms with Crippen molar-refractivity contribution in [1.29, 1.82) is 0 Å². The molecule has 3 aromatic rings. The molecule has 2 aliphatic rings. The molecular weight excluding hydrogens is 352 g/mol. The van der Waals surface area contributed by atoms with Gasteiger partial charge in [0.2, 0.25) is 6.79 Å². The van der Waals surface area contributed by atoms with Gasteiger partial charge in [-0.25, -0.2) is 4.98 Å².